The SMILES string of the molecule is Cc1nn(CC(C)C)c(C)c1CCC(=O)N1CCNCC1.Cl. The van der Waals surface area contributed by atoms with Crippen molar-refractivity contribution in [2.24, 2.45) is 5.92 Å². The largest absolute Gasteiger partial charge is 0.340 e. The second-order valence-corrected chi connectivity index (χ2v) is 6.36. The molecular formula is C16H29ClN4O. The number of aryl methyl sites for hydroxylation is 1. The molecule has 1 aromatic heterocycles. The number of nitrogens with zero attached hydrogens (tertiary/aromatic N) is 3. The number of piperazine rings is 1. The molecular weight excluding hydrogens is 300 g/mol. The van der Waals surface area contributed by atoms with Crippen molar-refractivity contribution in [2.75, 3.05) is 26.2 Å². The maximum Gasteiger partial charge on any atom is 0.222 e. The maximum absolute atomic E-state index is 12.2. The number of amides is 1. The zero-order valence-corrected chi connectivity index (χ0v) is 15.0. The second kappa shape index (κ2) is 8.53. The molecule has 126 valence electrons. The highest BCUT2D eigenvalue weighted by Crippen LogP contribution is 2.17. The smallest absolute Gasteiger partial charge is 0.222 e. The molecule has 1 aromatic rings. The fourth-order valence-corrected chi connectivity index (χ4v) is 2.92. The number of carbonyl (C=O) groups is 1. The Bertz CT molecular complexity index is 493. The molecule has 1 aliphatic rings. The zero-order valence-electron chi connectivity index (χ0n) is 14.2. The molecule has 0 spiro atoms. The van der Waals surface area contributed by atoms with Crippen molar-refractivity contribution in [3.8, 4) is 0 Å². The number of halogens is 1. The van der Waals surface area contributed by atoms with Crippen LogP contribution in [0.1, 0.15) is 37.2 Å². The number of aromatic nitrogens is 2. The van der Waals surface area contributed by atoms with Gasteiger partial charge in [-0.2, -0.15) is 5.10 Å². The first-order valence-corrected chi connectivity index (χ1v) is 8.00. The van der Waals surface area contributed by atoms with E-state index in [2.05, 4.69) is 42.8 Å². The van der Waals surface area contributed by atoms with Crippen molar-refractivity contribution in [1.29, 1.82) is 0 Å². The average Bonchev–Trinajstić information content (AvgIpc) is 2.71. The van der Waals surface area contributed by atoms with Crippen LogP contribution in [0.25, 0.3) is 0 Å². The Hall–Kier alpha value is -1.07. The van der Waals surface area contributed by atoms with Gasteiger partial charge in [-0.1, -0.05) is 13.8 Å². The van der Waals surface area contributed by atoms with E-state index in [1.165, 1.54) is 11.3 Å². The molecule has 1 N–H and O–H groups in total. The van der Waals surface area contributed by atoms with E-state index in [4.69, 9.17) is 0 Å². The van der Waals surface area contributed by atoms with Crippen LogP contribution in [-0.2, 0) is 17.8 Å². The van der Waals surface area contributed by atoms with Crippen molar-refractivity contribution in [1.82, 2.24) is 20.0 Å². The molecule has 6 heteroatoms. The van der Waals surface area contributed by atoms with Gasteiger partial charge >= 0.3 is 0 Å². The van der Waals surface area contributed by atoms with Crippen LogP contribution in [0.2, 0.25) is 0 Å². The molecule has 0 saturated carbocycles. The molecule has 1 saturated heterocycles. The Kier molecular flexibility index (Phi) is 7.36. The Morgan fingerprint density at radius 2 is 1.91 bits per heavy atom. The van der Waals surface area contributed by atoms with Gasteiger partial charge in [-0.05, 0) is 31.7 Å². The minimum Gasteiger partial charge on any atom is -0.340 e. The molecule has 1 aliphatic heterocycles. The van der Waals surface area contributed by atoms with Crippen LogP contribution in [0.4, 0.5) is 0 Å². The summed E-state index contributed by atoms with van der Waals surface area (Å²) in [7, 11) is 0. The standard InChI is InChI=1S/C16H28N4O.ClH/c1-12(2)11-20-14(4)15(13(3)18-20)5-6-16(21)19-9-7-17-8-10-19;/h12,17H,5-11H2,1-4H3;1H. The van der Waals surface area contributed by atoms with Gasteiger partial charge in [0, 0.05) is 44.8 Å². The number of hydrogen-bond acceptors (Lipinski definition) is 3. The Morgan fingerprint density at radius 3 is 2.50 bits per heavy atom. The Labute approximate surface area is 139 Å². The Balaban J connectivity index is 0.00000242. The van der Waals surface area contributed by atoms with E-state index in [1.54, 1.807) is 0 Å². The van der Waals surface area contributed by atoms with Crippen LogP contribution in [0.3, 0.4) is 0 Å². The summed E-state index contributed by atoms with van der Waals surface area (Å²) < 4.78 is 2.09. The fourth-order valence-electron chi connectivity index (χ4n) is 2.92. The lowest BCUT2D eigenvalue weighted by Crippen LogP contribution is -2.46. The zero-order chi connectivity index (χ0) is 15.4. The molecule has 22 heavy (non-hydrogen) atoms. The van der Waals surface area contributed by atoms with Crippen LogP contribution >= 0.6 is 12.4 Å². The summed E-state index contributed by atoms with van der Waals surface area (Å²) in [6.45, 7) is 13.0. The van der Waals surface area contributed by atoms with Crippen molar-refractivity contribution in [3.63, 3.8) is 0 Å². The first-order chi connectivity index (χ1) is 9.99. The summed E-state index contributed by atoms with van der Waals surface area (Å²) in [5.74, 6) is 0.852. The van der Waals surface area contributed by atoms with Crippen LogP contribution in [0.5, 0.6) is 0 Å². The minimum absolute atomic E-state index is 0. The van der Waals surface area contributed by atoms with Crippen molar-refractivity contribution in [3.05, 3.63) is 17.0 Å². The van der Waals surface area contributed by atoms with Crippen LogP contribution in [0, 0.1) is 19.8 Å². The molecule has 1 amide bonds. The molecule has 2 heterocycles. The average molecular weight is 329 g/mol. The van der Waals surface area contributed by atoms with E-state index in [1.807, 2.05) is 4.90 Å². The lowest BCUT2D eigenvalue weighted by atomic mass is 10.1. The predicted molar refractivity (Wildman–Crippen MR) is 91.6 cm³/mol. The lowest BCUT2D eigenvalue weighted by molar-refractivity contribution is -0.131. The van der Waals surface area contributed by atoms with Gasteiger partial charge in [0.1, 0.15) is 0 Å². The van der Waals surface area contributed by atoms with Crippen LogP contribution in [-0.4, -0.2) is 46.8 Å². The van der Waals surface area contributed by atoms with E-state index in [0.29, 0.717) is 12.3 Å². The third-order valence-corrected chi connectivity index (χ3v) is 4.13. The summed E-state index contributed by atoms with van der Waals surface area (Å²) >= 11 is 0. The van der Waals surface area contributed by atoms with E-state index >= 15 is 0 Å². The van der Waals surface area contributed by atoms with Gasteiger partial charge in [-0.3, -0.25) is 9.48 Å². The molecule has 0 bridgehead atoms. The lowest BCUT2D eigenvalue weighted by Gasteiger charge is -2.27. The molecule has 1 fully saturated rings. The monoisotopic (exact) mass is 328 g/mol. The molecule has 0 unspecified atom stereocenters. The van der Waals surface area contributed by atoms with Gasteiger partial charge in [-0.25, -0.2) is 0 Å². The molecule has 0 radical (unpaired) electrons. The quantitative estimate of drug-likeness (QED) is 0.898. The van der Waals surface area contributed by atoms with Gasteiger partial charge in [0.25, 0.3) is 0 Å². The van der Waals surface area contributed by atoms with Gasteiger partial charge < -0.3 is 10.2 Å². The molecule has 0 aliphatic carbocycles. The van der Waals surface area contributed by atoms with Gasteiger partial charge in [-0.15, -0.1) is 12.4 Å². The number of carbonyl (C=O) groups excluding carboxylic acids is 1. The number of nitrogens with one attached hydrogen (secondary N) is 1. The summed E-state index contributed by atoms with van der Waals surface area (Å²) in [6, 6.07) is 0. The molecule has 0 atom stereocenters. The molecule has 2 rings (SSSR count). The number of rotatable bonds is 5. The van der Waals surface area contributed by atoms with E-state index in [9.17, 15) is 4.79 Å². The summed E-state index contributed by atoms with van der Waals surface area (Å²) in [4.78, 5) is 14.2. The third-order valence-electron chi connectivity index (χ3n) is 4.13. The van der Waals surface area contributed by atoms with E-state index in [0.717, 1.165) is 44.8 Å². The highest BCUT2D eigenvalue weighted by Gasteiger charge is 2.18. The van der Waals surface area contributed by atoms with Gasteiger partial charge in [0.15, 0.2) is 0 Å². The molecule has 5 nitrogen and oxygen atoms in total. The van der Waals surface area contributed by atoms with Crippen molar-refractivity contribution >= 4 is 18.3 Å². The highest BCUT2D eigenvalue weighted by molar-refractivity contribution is 5.85. The summed E-state index contributed by atoms with van der Waals surface area (Å²) in [5, 5.41) is 7.90. The van der Waals surface area contributed by atoms with Crippen molar-refractivity contribution in [2.45, 2.75) is 47.1 Å². The Morgan fingerprint density at radius 1 is 1.27 bits per heavy atom. The highest BCUT2D eigenvalue weighted by atomic mass is 35.5. The van der Waals surface area contributed by atoms with Crippen LogP contribution in [0.15, 0.2) is 0 Å². The first-order valence-electron chi connectivity index (χ1n) is 8.00. The van der Waals surface area contributed by atoms with Gasteiger partial charge in [0.05, 0.1) is 5.69 Å². The van der Waals surface area contributed by atoms with Crippen LogP contribution < -0.4 is 5.32 Å². The summed E-state index contributed by atoms with van der Waals surface area (Å²) in [6.07, 6.45) is 1.40. The maximum atomic E-state index is 12.2. The molecule has 0 aromatic carbocycles. The normalized spacial score (nSPS) is 15.0. The topological polar surface area (TPSA) is 50.2 Å². The third kappa shape index (κ3) is 4.71. The van der Waals surface area contributed by atoms with E-state index in [-0.39, 0.29) is 18.3 Å². The van der Waals surface area contributed by atoms with Gasteiger partial charge in [0.2, 0.25) is 5.91 Å². The first kappa shape index (κ1) is 19.0. The number of hydrogen-bond donors (Lipinski definition) is 1. The van der Waals surface area contributed by atoms with Crippen molar-refractivity contribution < 1.29 is 4.79 Å². The summed E-state index contributed by atoms with van der Waals surface area (Å²) in [5.41, 5.74) is 3.54. The minimum atomic E-state index is 0. The van der Waals surface area contributed by atoms with E-state index < -0.39 is 0 Å². The fraction of sp³-hybridized carbons (Fsp3) is 0.750. The predicted octanol–water partition coefficient (Wildman–Crippen LogP) is 1.94. The second-order valence-electron chi connectivity index (χ2n) is 6.36.